The number of hydrogen-bond donors (Lipinski definition) is 1. The van der Waals surface area contributed by atoms with Gasteiger partial charge in [0.15, 0.2) is 5.78 Å². The van der Waals surface area contributed by atoms with E-state index in [1.165, 1.54) is 18.4 Å². The second kappa shape index (κ2) is 5.21. The largest absolute Gasteiger partial charge is 0.377 e. The van der Waals surface area contributed by atoms with Crippen molar-refractivity contribution >= 4 is 5.78 Å². The lowest BCUT2D eigenvalue weighted by molar-refractivity contribution is -0.117. The van der Waals surface area contributed by atoms with E-state index in [2.05, 4.69) is 12.8 Å². The van der Waals surface area contributed by atoms with Gasteiger partial charge in [0.05, 0.1) is 0 Å². The van der Waals surface area contributed by atoms with Crippen molar-refractivity contribution in [3.05, 3.63) is 11.6 Å². The van der Waals surface area contributed by atoms with Crippen molar-refractivity contribution in [1.29, 1.82) is 0 Å². The topological polar surface area (TPSA) is 37.3 Å². The molecule has 0 aromatic heterocycles. The number of aliphatic hydroxyl groups is 1. The summed E-state index contributed by atoms with van der Waals surface area (Å²) in [6.07, 6.45) is 16.9. The van der Waals surface area contributed by atoms with Crippen LogP contribution in [0.3, 0.4) is 0 Å². The predicted molar refractivity (Wildman–Crippen MR) is 90.5 cm³/mol. The molecule has 2 nitrogen and oxygen atoms in total. The molecule has 0 aliphatic heterocycles. The molecule has 2 heteroatoms. The van der Waals surface area contributed by atoms with Gasteiger partial charge in [-0.05, 0) is 81.1 Å². The van der Waals surface area contributed by atoms with Gasteiger partial charge in [-0.2, -0.15) is 0 Å². The summed E-state index contributed by atoms with van der Waals surface area (Å²) >= 11 is 0. The maximum Gasteiger partial charge on any atom is 0.155 e. The normalized spacial score (nSPS) is 48.7. The van der Waals surface area contributed by atoms with Gasteiger partial charge in [0, 0.05) is 11.8 Å². The van der Waals surface area contributed by atoms with Gasteiger partial charge in [-0.1, -0.05) is 18.4 Å². The van der Waals surface area contributed by atoms with Crippen LogP contribution in [0.4, 0.5) is 0 Å². The predicted octanol–water partition coefficient (Wildman–Crippen LogP) is 3.88. The van der Waals surface area contributed by atoms with Gasteiger partial charge in [0.25, 0.3) is 0 Å². The molecule has 1 N–H and O–H groups in total. The van der Waals surface area contributed by atoms with E-state index >= 15 is 0 Å². The van der Waals surface area contributed by atoms with E-state index in [4.69, 9.17) is 6.42 Å². The molecule has 124 valence electrons. The second-order valence-corrected chi connectivity index (χ2v) is 8.40. The van der Waals surface area contributed by atoms with E-state index in [9.17, 15) is 9.90 Å². The van der Waals surface area contributed by atoms with Crippen molar-refractivity contribution in [3.63, 3.8) is 0 Å². The summed E-state index contributed by atoms with van der Waals surface area (Å²) in [6, 6.07) is 0. The highest BCUT2D eigenvalue weighted by Gasteiger charge is 2.63. The van der Waals surface area contributed by atoms with Crippen molar-refractivity contribution in [2.75, 3.05) is 0 Å². The average Bonchev–Trinajstić information content (AvgIpc) is 2.88. The Labute approximate surface area is 139 Å². The minimum absolute atomic E-state index is 0.0609. The molecule has 0 radical (unpaired) electrons. The zero-order valence-corrected chi connectivity index (χ0v) is 14.2. The van der Waals surface area contributed by atoms with Crippen molar-refractivity contribution in [2.24, 2.45) is 29.1 Å². The molecule has 0 unspecified atom stereocenters. The van der Waals surface area contributed by atoms with Crippen molar-refractivity contribution in [1.82, 2.24) is 0 Å². The number of carbonyl (C=O) groups is 1. The summed E-state index contributed by atoms with van der Waals surface area (Å²) in [7, 11) is 0. The van der Waals surface area contributed by atoms with Crippen LogP contribution in [0, 0.1) is 41.4 Å². The highest BCUT2D eigenvalue weighted by Crippen LogP contribution is 2.66. The van der Waals surface area contributed by atoms with Crippen LogP contribution < -0.4 is 0 Å². The average molecular weight is 312 g/mol. The summed E-state index contributed by atoms with van der Waals surface area (Å²) in [5, 5.41) is 11.1. The maximum absolute atomic E-state index is 11.8. The first-order valence-electron chi connectivity index (χ1n) is 9.48. The Morgan fingerprint density at radius 3 is 2.78 bits per heavy atom. The first-order chi connectivity index (χ1) is 11.0. The fourth-order valence-electron chi connectivity index (χ4n) is 6.96. The molecule has 0 aromatic rings. The zero-order chi connectivity index (χ0) is 16.2. The minimum Gasteiger partial charge on any atom is -0.377 e. The molecule has 0 saturated heterocycles. The Kier molecular flexibility index (Phi) is 3.50. The third-order valence-electron chi connectivity index (χ3n) is 8.02. The Morgan fingerprint density at radius 2 is 2.04 bits per heavy atom. The van der Waals surface area contributed by atoms with Gasteiger partial charge < -0.3 is 5.11 Å². The van der Waals surface area contributed by atoms with Gasteiger partial charge in [0.1, 0.15) is 5.60 Å². The van der Waals surface area contributed by atoms with Crippen LogP contribution in [-0.2, 0) is 4.79 Å². The molecular weight excluding hydrogens is 284 g/mol. The monoisotopic (exact) mass is 312 g/mol. The Morgan fingerprint density at radius 1 is 1.22 bits per heavy atom. The molecule has 0 bridgehead atoms. The quantitative estimate of drug-likeness (QED) is 0.746. The number of carbonyl (C=O) groups excluding carboxylic acids is 1. The maximum atomic E-state index is 11.8. The molecule has 0 heterocycles. The minimum atomic E-state index is -0.893. The van der Waals surface area contributed by atoms with Crippen molar-refractivity contribution in [3.8, 4) is 12.3 Å². The van der Waals surface area contributed by atoms with Gasteiger partial charge in [-0.3, -0.25) is 4.79 Å². The molecular formula is C21H28O2. The van der Waals surface area contributed by atoms with Crippen LogP contribution in [-0.4, -0.2) is 16.5 Å². The number of hydrogen-bond acceptors (Lipinski definition) is 2. The standard InChI is InChI=1S/C21H28O2/c1-3-20-11-9-17-16-8-6-15(22)13-14(16)5-7-18(17)19(20)10-12-21(20,23)4-2/h2,13,16-19,23H,3,5-12H2,1H3/t16-,17-,18-,19+,20+,21+/m1/s1. The number of terminal acetylenes is 1. The number of allylic oxidation sites excluding steroid dienone is 1. The summed E-state index contributed by atoms with van der Waals surface area (Å²) in [5.41, 5.74) is 0.474. The van der Waals surface area contributed by atoms with E-state index < -0.39 is 5.60 Å². The number of ketones is 1. The molecule has 3 saturated carbocycles. The summed E-state index contributed by atoms with van der Waals surface area (Å²) in [5.74, 6) is 5.73. The van der Waals surface area contributed by atoms with Crippen LogP contribution in [0.15, 0.2) is 11.6 Å². The van der Waals surface area contributed by atoms with Crippen LogP contribution in [0.2, 0.25) is 0 Å². The first-order valence-corrected chi connectivity index (χ1v) is 9.48. The Balaban J connectivity index is 1.67. The SMILES string of the molecule is C#C[C@]1(O)CC[C@H]2[C@@H]3CCC4=CC(=O)CC[C@H]4[C@H]3CC[C@@]21CC. The van der Waals surface area contributed by atoms with Gasteiger partial charge >= 0.3 is 0 Å². The molecule has 0 amide bonds. The third-order valence-corrected chi connectivity index (χ3v) is 8.02. The summed E-state index contributed by atoms with van der Waals surface area (Å²) < 4.78 is 0. The van der Waals surface area contributed by atoms with Crippen LogP contribution in [0.1, 0.15) is 64.7 Å². The van der Waals surface area contributed by atoms with Gasteiger partial charge in [-0.25, -0.2) is 0 Å². The number of fused-ring (bicyclic) bond motifs is 5. The van der Waals surface area contributed by atoms with Gasteiger partial charge in [0.2, 0.25) is 0 Å². The highest BCUT2D eigenvalue weighted by molar-refractivity contribution is 5.91. The number of rotatable bonds is 1. The third kappa shape index (κ3) is 1.96. The lowest BCUT2D eigenvalue weighted by atomic mass is 9.49. The van der Waals surface area contributed by atoms with Crippen LogP contribution in [0.25, 0.3) is 0 Å². The zero-order valence-electron chi connectivity index (χ0n) is 14.2. The highest BCUT2D eigenvalue weighted by atomic mass is 16.3. The molecule has 4 aliphatic carbocycles. The van der Waals surface area contributed by atoms with Crippen molar-refractivity contribution < 1.29 is 9.90 Å². The lowest BCUT2D eigenvalue weighted by Crippen LogP contribution is -2.53. The molecule has 6 atom stereocenters. The van der Waals surface area contributed by atoms with Crippen molar-refractivity contribution in [2.45, 2.75) is 70.3 Å². The van der Waals surface area contributed by atoms with E-state index in [-0.39, 0.29) is 5.41 Å². The molecule has 0 aromatic carbocycles. The van der Waals surface area contributed by atoms with Gasteiger partial charge in [-0.15, -0.1) is 6.42 Å². The van der Waals surface area contributed by atoms with E-state index in [0.717, 1.165) is 44.9 Å². The fraction of sp³-hybridized carbons (Fsp3) is 0.762. The van der Waals surface area contributed by atoms with Crippen LogP contribution in [0.5, 0.6) is 0 Å². The fourth-order valence-corrected chi connectivity index (χ4v) is 6.96. The molecule has 0 spiro atoms. The van der Waals surface area contributed by atoms with E-state index in [1.54, 1.807) is 0 Å². The second-order valence-electron chi connectivity index (χ2n) is 8.40. The Bertz CT molecular complexity index is 597. The van der Waals surface area contributed by atoms with E-state index in [0.29, 0.717) is 29.5 Å². The molecule has 4 aliphatic rings. The van der Waals surface area contributed by atoms with E-state index in [1.807, 2.05) is 6.08 Å². The Hall–Kier alpha value is -1.07. The molecule has 3 fully saturated rings. The molecule has 23 heavy (non-hydrogen) atoms. The van der Waals surface area contributed by atoms with Crippen LogP contribution >= 0.6 is 0 Å². The molecule has 4 rings (SSSR count). The summed E-state index contributed by atoms with van der Waals surface area (Å²) in [6.45, 7) is 2.22. The summed E-state index contributed by atoms with van der Waals surface area (Å²) in [4.78, 5) is 11.8. The smallest absolute Gasteiger partial charge is 0.155 e. The lowest BCUT2D eigenvalue weighted by Gasteiger charge is -2.55. The first kappa shape index (κ1) is 15.5.